The Labute approximate surface area is 89.9 Å². The summed E-state index contributed by atoms with van der Waals surface area (Å²) in [6.07, 6.45) is 0. The van der Waals surface area contributed by atoms with Crippen LogP contribution in [0.2, 0.25) is 12.1 Å². The zero-order valence-electron chi connectivity index (χ0n) is 6.92. The van der Waals surface area contributed by atoms with Gasteiger partial charge in [-0.3, -0.25) is 0 Å². The fraction of sp³-hybridized carbons (Fsp3) is 1.00. The van der Waals surface area contributed by atoms with Crippen LogP contribution in [0.3, 0.4) is 0 Å². The Hall–Kier alpha value is 0.934. The monoisotopic (exact) mass is 262 g/mol. The minimum Gasteiger partial charge on any atom is -0.390 e. The number of hydrogen-bond donors (Lipinski definition) is 6. The lowest BCUT2D eigenvalue weighted by Crippen LogP contribution is -2.53. The van der Waals surface area contributed by atoms with Gasteiger partial charge in [-0.1, -0.05) is 0 Å². The molecular formula is C4H14O5S2Si2. The molecule has 9 heteroatoms. The second kappa shape index (κ2) is 5.73. The van der Waals surface area contributed by atoms with Crippen molar-refractivity contribution in [2.45, 2.75) is 12.1 Å². The standard InChI is InChI=1S/C4H14O5S2Si2/c5-12(6,3-1-10)9-13(7,8)4-2-11/h5-8,10-11H,1-4H2. The molecular weight excluding hydrogens is 248 g/mol. The van der Waals surface area contributed by atoms with Gasteiger partial charge in [0.05, 0.1) is 0 Å². The van der Waals surface area contributed by atoms with Crippen molar-refractivity contribution in [2.24, 2.45) is 0 Å². The van der Waals surface area contributed by atoms with Gasteiger partial charge < -0.3 is 23.3 Å². The van der Waals surface area contributed by atoms with Crippen LogP contribution in [-0.4, -0.2) is 48.3 Å². The summed E-state index contributed by atoms with van der Waals surface area (Å²) in [7, 11) is -7.85. The maximum atomic E-state index is 9.19. The topological polar surface area (TPSA) is 90.2 Å². The van der Waals surface area contributed by atoms with Gasteiger partial charge in [0.2, 0.25) is 0 Å². The second-order valence-corrected chi connectivity index (χ2v) is 8.22. The minimum absolute atomic E-state index is 0.0570. The number of rotatable bonds is 6. The van der Waals surface area contributed by atoms with E-state index in [1.165, 1.54) is 0 Å². The first-order chi connectivity index (χ1) is 5.83. The second-order valence-electron chi connectivity index (χ2n) is 2.54. The van der Waals surface area contributed by atoms with E-state index in [4.69, 9.17) is 0 Å². The molecule has 80 valence electrons. The average molecular weight is 262 g/mol. The molecule has 0 aromatic heterocycles. The normalized spacial score (nSPS) is 13.4. The summed E-state index contributed by atoms with van der Waals surface area (Å²) in [6, 6.07) is -0.114. The summed E-state index contributed by atoms with van der Waals surface area (Å²) in [5, 5.41) is 0. The van der Waals surface area contributed by atoms with Gasteiger partial charge in [-0.15, -0.1) is 0 Å². The Bertz CT molecular complexity index is 139. The summed E-state index contributed by atoms with van der Waals surface area (Å²) in [4.78, 5) is 36.8. The molecule has 0 saturated heterocycles. The zero-order chi connectivity index (χ0) is 10.5. The third kappa shape index (κ3) is 6.93. The predicted octanol–water partition coefficient (Wildman–Crippen LogP) is -1.29. The van der Waals surface area contributed by atoms with Gasteiger partial charge in [-0.2, -0.15) is 25.3 Å². The fourth-order valence-corrected chi connectivity index (χ4v) is 5.90. The third-order valence-corrected chi connectivity index (χ3v) is 6.91. The molecule has 0 heterocycles. The van der Waals surface area contributed by atoms with E-state index < -0.39 is 17.6 Å². The van der Waals surface area contributed by atoms with Gasteiger partial charge in [0.1, 0.15) is 0 Å². The van der Waals surface area contributed by atoms with Crippen molar-refractivity contribution in [1.82, 2.24) is 0 Å². The number of thiol groups is 2. The predicted molar refractivity (Wildman–Crippen MR) is 58.8 cm³/mol. The van der Waals surface area contributed by atoms with Crippen molar-refractivity contribution in [3.05, 3.63) is 0 Å². The summed E-state index contributed by atoms with van der Waals surface area (Å²) < 4.78 is 4.51. The zero-order valence-corrected chi connectivity index (χ0v) is 10.7. The molecule has 5 nitrogen and oxygen atoms in total. The van der Waals surface area contributed by atoms with Gasteiger partial charge in [0.15, 0.2) is 0 Å². The van der Waals surface area contributed by atoms with E-state index in [9.17, 15) is 19.2 Å². The Kier molecular flexibility index (Phi) is 6.14. The van der Waals surface area contributed by atoms with Gasteiger partial charge in [0, 0.05) is 12.1 Å². The lowest BCUT2D eigenvalue weighted by atomic mass is 11.0. The lowest BCUT2D eigenvalue weighted by molar-refractivity contribution is 0.157. The van der Waals surface area contributed by atoms with Crippen LogP contribution in [0.5, 0.6) is 0 Å². The van der Waals surface area contributed by atoms with E-state index in [-0.39, 0.29) is 23.6 Å². The highest BCUT2D eigenvalue weighted by molar-refractivity contribution is 7.80. The quantitative estimate of drug-likeness (QED) is 0.265. The van der Waals surface area contributed by atoms with Crippen LogP contribution in [0.25, 0.3) is 0 Å². The molecule has 0 unspecified atom stereocenters. The van der Waals surface area contributed by atoms with Crippen LogP contribution < -0.4 is 0 Å². The first-order valence-corrected chi connectivity index (χ1v) is 8.93. The molecule has 0 bridgehead atoms. The Morgan fingerprint density at radius 2 is 1.15 bits per heavy atom. The molecule has 0 fully saturated rings. The van der Waals surface area contributed by atoms with Gasteiger partial charge in [-0.05, 0) is 11.5 Å². The van der Waals surface area contributed by atoms with E-state index in [1.54, 1.807) is 0 Å². The van der Waals surface area contributed by atoms with Crippen LogP contribution in [0.15, 0.2) is 0 Å². The molecule has 0 aliphatic heterocycles. The highest BCUT2D eigenvalue weighted by Gasteiger charge is 2.44. The van der Waals surface area contributed by atoms with Crippen molar-refractivity contribution in [2.75, 3.05) is 11.5 Å². The van der Waals surface area contributed by atoms with Crippen LogP contribution >= 0.6 is 25.3 Å². The molecule has 0 aromatic carbocycles. The number of hydrogen-bond acceptors (Lipinski definition) is 7. The van der Waals surface area contributed by atoms with Gasteiger partial charge in [-0.25, -0.2) is 0 Å². The molecule has 0 rings (SSSR count). The molecule has 0 spiro atoms. The maximum Gasteiger partial charge on any atom is 0.488 e. The van der Waals surface area contributed by atoms with Crippen molar-refractivity contribution >= 4 is 42.9 Å². The Balaban J connectivity index is 4.07. The molecule has 0 radical (unpaired) electrons. The molecule has 0 saturated carbocycles. The largest absolute Gasteiger partial charge is 0.488 e. The molecule has 13 heavy (non-hydrogen) atoms. The highest BCUT2D eigenvalue weighted by Crippen LogP contribution is 2.13. The van der Waals surface area contributed by atoms with Gasteiger partial charge >= 0.3 is 17.6 Å². The summed E-state index contributed by atoms with van der Waals surface area (Å²) in [6.45, 7) is 0. The highest BCUT2D eigenvalue weighted by atomic mass is 32.1. The summed E-state index contributed by atoms with van der Waals surface area (Å²) in [5.41, 5.74) is 0. The van der Waals surface area contributed by atoms with E-state index in [2.05, 4.69) is 29.4 Å². The molecule has 0 aliphatic carbocycles. The molecule has 0 atom stereocenters. The third-order valence-electron chi connectivity index (χ3n) is 1.20. The van der Waals surface area contributed by atoms with Crippen molar-refractivity contribution in [3.63, 3.8) is 0 Å². The molecule has 4 N–H and O–H groups in total. The fourth-order valence-electron chi connectivity index (χ4n) is 0.655. The van der Waals surface area contributed by atoms with Crippen molar-refractivity contribution in [3.8, 4) is 0 Å². The van der Waals surface area contributed by atoms with Crippen LogP contribution in [-0.2, 0) is 4.12 Å². The SMILES string of the molecule is O[Si](O)(CCS)O[Si](O)(O)CCS. The van der Waals surface area contributed by atoms with Crippen molar-refractivity contribution < 1.29 is 23.3 Å². The van der Waals surface area contributed by atoms with Crippen molar-refractivity contribution in [1.29, 1.82) is 0 Å². The van der Waals surface area contributed by atoms with E-state index in [0.717, 1.165) is 0 Å². The van der Waals surface area contributed by atoms with Crippen LogP contribution in [0.1, 0.15) is 0 Å². The molecule has 0 aromatic rings. The smallest absolute Gasteiger partial charge is 0.390 e. The maximum absolute atomic E-state index is 9.19. The van der Waals surface area contributed by atoms with Gasteiger partial charge in [0.25, 0.3) is 0 Å². The van der Waals surface area contributed by atoms with E-state index in [0.29, 0.717) is 0 Å². The Morgan fingerprint density at radius 1 is 0.846 bits per heavy atom. The Morgan fingerprint density at radius 3 is 1.38 bits per heavy atom. The first kappa shape index (κ1) is 13.9. The average Bonchev–Trinajstić information content (AvgIpc) is 1.82. The summed E-state index contributed by atoms with van der Waals surface area (Å²) >= 11 is 7.58. The molecule has 0 amide bonds. The van der Waals surface area contributed by atoms with E-state index >= 15 is 0 Å². The van der Waals surface area contributed by atoms with Crippen LogP contribution in [0, 0.1) is 0 Å². The van der Waals surface area contributed by atoms with E-state index in [1.807, 2.05) is 0 Å². The molecule has 0 aliphatic rings. The lowest BCUT2D eigenvalue weighted by Gasteiger charge is -2.24. The first-order valence-electron chi connectivity index (χ1n) is 3.64. The summed E-state index contributed by atoms with van der Waals surface area (Å²) in [5.74, 6) is 0.454. The van der Waals surface area contributed by atoms with Crippen LogP contribution in [0.4, 0.5) is 0 Å². The minimum atomic E-state index is -3.92.